The summed E-state index contributed by atoms with van der Waals surface area (Å²) in [6.07, 6.45) is 8.60. The molecule has 1 unspecified atom stereocenters. The van der Waals surface area contributed by atoms with E-state index in [2.05, 4.69) is 41.0 Å². The first-order valence-electron chi connectivity index (χ1n) is 7.93. The van der Waals surface area contributed by atoms with Gasteiger partial charge in [0.1, 0.15) is 0 Å². The lowest BCUT2D eigenvalue weighted by Crippen LogP contribution is -2.46. The SMILES string of the molecule is CC(C)CCC(C)NC1CCN(c2ncccn2)CC1. The van der Waals surface area contributed by atoms with Crippen molar-refractivity contribution in [1.82, 2.24) is 15.3 Å². The number of nitrogens with one attached hydrogen (secondary N) is 1. The molecule has 4 heteroatoms. The van der Waals surface area contributed by atoms with Crippen molar-refractivity contribution in [1.29, 1.82) is 0 Å². The molecular weight excluding hydrogens is 248 g/mol. The van der Waals surface area contributed by atoms with Crippen LogP contribution in [-0.4, -0.2) is 35.1 Å². The van der Waals surface area contributed by atoms with Gasteiger partial charge in [0.2, 0.25) is 5.95 Å². The molecule has 0 radical (unpaired) electrons. The molecular formula is C16H28N4. The van der Waals surface area contributed by atoms with Gasteiger partial charge >= 0.3 is 0 Å². The summed E-state index contributed by atoms with van der Waals surface area (Å²) in [6, 6.07) is 3.15. The van der Waals surface area contributed by atoms with Crippen LogP contribution < -0.4 is 10.2 Å². The summed E-state index contributed by atoms with van der Waals surface area (Å²) in [4.78, 5) is 11.0. The average molecular weight is 276 g/mol. The van der Waals surface area contributed by atoms with Gasteiger partial charge in [-0.3, -0.25) is 0 Å². The van der Waals surface area contributed by atoms with E-state index in [1.54, 1.807) is 0 Å². The van der Waals surface area contributed by atoms with E-state index in [1.165, 1.54) is 25.7 Å². The number of rotatable bonds is 6. The Balaban J connectivity index is 1.71. The Kier molecular flexibility index (Phi) is 5.77. The molecule has 0 spiro atoms. The van der Waals surface area contributed by atoms with Crippen LogP contribution >= 0.6 is 0 Å². The van der Waals surface area contributed by atoms with E-state index in [1.807, 2.05) is 18.5 Å². The predicted molar refractivity (Wildman–Crippen MR) is 83.9 cm³/mol. The summed E-state index contributed by atoms with van der Waals surface area (Å²) in [7, 11) is 0. The van der Waals surface area contributed by atoms with Crippen molar-refractivity contribution in [2.24, 2.45) is 5.92 Å². The smallest absolute Gasteiger partial charge is 0.225 e. The fourth-order valence-electron chi connectivity index (χ4n) is 2.77. The Morgan fingerprint density at radius 1 is 1.15 bits per heavy atom. The van der Waals surface area contributed by atoms with Gasteiger partial charge in [-0.05, 0) is 44.6 Å². The van der Waals surface area contributed by atoms with Crippen molar-refractivity contribution >= 4 is 5.95 Å². The Labute approximate surface area is 123 Å². The third-order valence-electron chi connectivity index (χ3n) is 4.03. The molecule has 2 heterocycles. The standard InChI is InChI=1S/C16H28N4/c1-13(2)5-6-14(3)19-15-7-11-20(12-8-15)16-17-9-4-10-18-16/h4,9-10,13-15,19H,5-8,11-12H2,1-3H3. The predicted octanol–water partition coefficient (Wildman–Crippen LogP) is 2.86. The third kappa shape index (κ3) is 4.75. The zero-order valence-corrected chi connectivity index (χ0v) is 13.0. The zero-order chi connectivity index (χ0) is 14.4. The van der Waals surface area contributed by atoms with Crippen LogP contribution in [0.15, 0.2) is 18.5 Å². The molecule has 1 aromatic rings. The lowest BCUT2D eigenvalue weighted by atomic mass is 10.0. The molecule has 2 rings (SSSR count). The molecule has 0 aromatic carbocycles. The maximum absolute atomic E-state index is 4.33. The van der Waals surface area contributed by atoms with Crippen molar-refractivity contribution in [3.8, 4) is 0 Å². The van der Waals surface area contributed by atoms with Gasteiger partial charge in [0.15, 0.2) is 0 Å². The van der Waals surface area contributed by atoms with Gasteiger partial charge in [0.05, 0.1) is 0 Å². The lowest BCUT2D eigenvalue weighted by Gasteiger charge is -2.34. The Morgan fingerprint density at radius 2 is 1.80 bits per heavy atom. The maximum Gasteiger partial charge on any atom is 0.225 e. The molecule has 20 heavy (non-hydrogen) atoms. The van der Waals surface area contributed by atoms with Gasteiger partial charge in [-0.15, -0.1) is 0 Å². The van der Waals surface area contributed by atoms with Crippen LogP contribution in [0.2, 0.25) is 0 Å². The van der Waals surface area contributed by atoms with Gasteiger partial charge in [-0.25, -0.2) is 9.97 Å². The zero-order valence-electron chi connectivity index (χ0n) is 13.0. The largest absolute Gasteiger partial charge is 0.341 e. The van der Waals surface area contributed by atoms with Crippen molar-refractivity contribution in [2.75, 3.05) is 18.0 Å². The van der Waals surface area contributed by atoms with E-state index in [0.717, 1.165) is 25.0 Å². The number of aromatic nitrogens is 2. The molecule has 1 N–H and O–H groups in total. The molecule has 4 nitrogen and oxygen atoms in total. The topological polar surface area (TPSA) is 41.0 Å². The molecule has 1 aliphatic rings. The molecule has 0 saturated carbocycles. The summed E-state index contributed by atoms with van der Waals surface area (Å²) in [5, 5.41) is 3.78. The molecule has 1 saturated heterocycles. The summed E-state index contributed by atoms with van der Waals surface area (Å²) in [6.45, 7) is 9.02. The van der Waals surface area contributed by atoms with Crippen LogP contribution in [-0.2, 0) is 0 Å². The number of anilines is 1. The molecule has 1 fully saturated rings. The van der Waals surface area contributed by atoms with Gasteiger partial charge in [0, 0.05) is 37.6 Å². The molecule has 1 atom stereocenters. The van der Waals surface area contributed by atoms with Crippen LogP contribution in [0.25, 0.3) is 0 Å². The lowest BCUT2D eigenvalue weighted by molar-refractivity contribution is 0.351. The van der Waals surface area contributed by atoms with E-state index < -0.39 is 0 Å². The molecule has 0 aliphatic carbocycles. The second kappa shape index (κ2) is 7.58. The van der Waals surface area contributed by atoms with Crippen LogP contribution in [0.3, 0.4) is 0 Å². The first-order valence-corrected chi connectivity index (χ1v) is 7.93. The number of hydrogen-bond donors (Lipinski definition) is 1. The summed E-state index contributed by atoms with van der Waals surface area (Å²) >= 11 is 0. The van der Waals surface area contributed by atoms with E-state index in [9.17, 15) is 0 Å². The first-order chi connectivity index (χ1) is 9.65. The van der Waals surface area contributed by atoms with Crippen molar-refractivity contribution in [3.05, 3.63) is 18.5 Å². The fourth-order valence-corrected chi connectivity index (χ4v) is 2.77. The van der Waals surface area contributed by atoms with Gasteiger partial charge in [-0.1, -0.05) is 13.8 Å². The Bertz CT molecular complexity index is 371. The summed E-state index contributed by atoms with van der Waals surface area (Å²) in [5.41, 5.74) is 0. The van der Waals surface area contributed by atoms with Gasteiger partial charge in [0.25, 0.3) is 0 Å². The highest BCUT2D eigenvalue weighted by atomic mass is 15.3. The highest BCUT2D eigenvalue weighted by molar-refractivity contribution is 5.29. The van der Waals surface area contributed by atoms with Crippen molar-refractivity contribution in [2.45, 2.75) is 58.5 Å². The summed E-state index contributed by atoms with van der Waals surface area (Å²) in [5.74, 6) is 1.68. The number of nitrogens with zero attached hydrogens (tertiary/aromatic N) is 3. The second-order valence-corrected chi connectivity index (χ2v) is 6.35. The molecule has 0 amide bonds. The summed E-state index contributed by atoms with van der Waals surface area (Å²) < 4.78 is 0. The molecule has 0 bridgehead atoms. The quantitative estimate of drug-likeness (QED) is 0.867. The normalized spacial score (nSPS) is 18.5. The highest BCUT2D eigenvalue weighted by Gasteiger charge is 2.21. The second-order valence-electron chi connectivity index (χ2n) is 6.35. The Morgan fingerprint density at radius 3 is 2.40 bits per heavy atom. The minimum absolute atomic E-state index is 0.627. The first kappa shape index (κ1) is 15.2. The molecule has 1 aliphatic heterocycles. The van der Waals surface area contributed by atoms with Crippen LogP contribution in [0.5, 0.6) is 0 Å². The van der Waals surface area contributed by atoms with Crippen LogP contribution in [0.1, 0.15) is 46.5 Å². The van der Waals surface area contributed by atoms with E-state index >= 15 is 0 Å². The molecule has 1 aromatic heterocycles. The minimum atomic E-state index is 0.627. The third-order valence-corrected chi connectivity index (χ3v) is 4.03. The fraction of sp³-hybridized carbons (Fsp3) is 0.750. The van der Waals surface area contributed by atoms with Gasteiger partial charge < -0.3 is 10.2 Å². The Hall–Kier alpha value is -1.16. The van der Waals surface area contributed by atoms with E-state index in [0.29, 0.717) is 12.1 Å². The molecule has 112 valence electrons. The van der Waals surface area contributed by atoms with Crippen molar-refractivity contribution < 1.29 is 0 Å². The minimum Gasteiger partial charge on any atom is -0.341 e. The monoisotopic (exact) mass is 276 g/mol. The van der Waals surface area contributed by atoms with E-state index in [-0.39, 0.29) is 0 Å². The maximum atomic E-state index is 4.33. The van der Waals surface area contributed by atoms with Crippen LogP contribution in [0.4, 0.5) is 5.95 Å². The number of hydrogen-bond acceptors (Lipinski definition) is 4. The van der Waals surface area contributed by atoms with Crippen LogP contribution in [0, 0.1) is 5.92 Å². The van der Waals surface area contributed by atoms with E-state index in [4.69, 9.17) is 0 Å². The average Bonchev–Trinajstić information content (AvgIpc) is 2.47. The van der Waals surface area contributed by atoms with Gasteiger partial charge in [-0.2, -0.15) is 0 Å². The highest BCUT2D eigenvalue weighted by Crippen LogP contribution is 2.16. The number of piperidine rings is 1. The van der Waals surface area contributed by atoms with Crippen molar-refractivity contribution in [3.63, 3.8) is 0 Å².